The number of carbonyl (C=O) groups excluding carboxylic acids is 1. The van der Waals surface area contributed by atoms with E-state index in [2.05, 4.69) is 40.8 Å². The summed E-state index contributed by atoms with van der Waals surface area (Å²) in [6, 6.07) is 8.51. The lowest BCUT2D eigenvalue weighted by atomic mass is 9.89. The highest BCUT2D eigenvalue weighted by Crippen LogP contribution is 2.33. The summed E-state index contributed by atoms with van der Waals surface area (Å²) in [4.78, 5) is 17.6. The molecule has 2 amide bonds. The van der Waals surface area contributed by atoms with Gasteiger partial charge in [-0.15, -0.1) is 0 Å². The van der Waals surface area contributed by atoms with E-state index in [9.17, 15) is 4.79 Å². The molecule has 2 aliphatic rings. The number of para-hydroxylation sites is 1. The third-order valence-electron chi connectivity index (χ3n) is 5.35. The fourth-order valence-corrected chi connectivity index (χ4v) is 3.94. The molecule has 2 aliphatic heterocycles. The topological polar surface area (TPSA) is 57.4 Å². The number of aromatic amines is 1. The number of ether oxygens (including phenoxy) is 1. The van der Waals surface area contributed by atoms with Gasteiger partial charge in [0.1, 0.15) is 0 Å². The second-order valence-electron chi connectivity index (χ2n) is 6.87. The maximum atomic E-state index is 12.3. The van der Waals surface area contributed by atoms with Gasteiger partial charge < -0.3 is 19.9 Å². The number of nitrogens with zero attached hydrogens (tertiary/aromatic N) is 1. The van der Waals surface area contributed by atoms with Crippen molar-refractivity contribution in [1.82, 2.24) is 15.2 Å². The van der Waals surface area contributed by atoms with Crippen molar-refractivity contribution < 1.29 is 9.53 Å². The maximum absolute atomic E-state index is 12.3. The van der Waals surface area contributed by atoms with Crippen molar-refractivity contribution in [2.45, 2.75) is 37.7 Å². The lowest BCUT2D eigenvalue weighted by Gasteiger charge is -2.32. The lowest BCUT2D eigenvalue weighted by molar-refractivity contribution is 0.108. The summed E-state index contributed by atoms with van der Waals surface area (Å²) in [5, 5.41) is 4.35. The highest BCUT2D eigenvalue weighted by molar-refractivity contribution is 5.83. The zero-order chi connectivity index (χ0) is 16.4. The van der Waals surface area contributed by atoms with Gasteiger partial charge in [0.15, 0.2) is 0 Å². The molecule has 2 N–H and O–H groups in total. The average Bonchev–Trinajstić information content (AvgIpc) is 3.29. The van der Waals surface area contributed by atoms with Gasteiger partial charge in [0, 0.05) is 43.3 Å². The second-order valence-corrected chi connectivity index (χ2v) is 6.87. The van der Waals surface area contributed by atoms with Crippen LogP contribution in [0.15, 0.2) is 30.5 Å². The van der Waals surface area contributed by atoms with E-state index in [1.54, 1.807) is 0 Å². The molecule has 0 aliphatic carbocycles. The number of likely N-dealkylation sites (tertiary alicyclic amines) is 1. The number of fused-ring (bicyclic) bond motifs is 1. The minimum Gasteiger partial charge on any atom is -0.376 e. The van der Waals surface area contributed by atoms with Crippen molar-refractivity contribution in [2.24, 2.45) is 0 Å². The van der Waals surface area contributed by atoms with E-state index in [0.29, 0.717) is 12.5 Å². The molecule has 0 bridgehead atoms. The van der Waals surface area contributed by atoms with Gasteiger partial charge in [0.05, 0.1) is 6.10 Å². The van der Waals surface area contributed by atoms with Crippen molar-refractivity contribution in [3.8, 4) is 0 Å². The second kappa shape index (κ2) is 6.85. The summed E-state index contributed by atoms with van der Waals surface area (Å²) < 4.78 is 5.56. The number of aromatic nitrogens is 1. The number of hydrogen-bond acceptors (Lipinski definition) is 2. The standard InChI is InChI=1S/C19H25N3O2/c23-19(21-12-15-4-3-11-24-15)22-9-7-14(8-10-22)17-13-20-18-6-2-1-5-16(17)18/h1-2,5-6,13-15,20H,3-4,7-12H2,(H,21,23). The Bertz CT molecular complexity index is 697. The first kappa shape index (κ1) is 15.5. The normalized spacial score (nSPS) is 22.2. The smallest absolute Gasteiger partial charge is 0.317 e. The Morgan fingerprint density at radius 2 is 2.08 bits per heavy atom. The molecule has 3 heterocycles. The molecule has 128 valence electrons. The molecule has 0 spiro atoms. The van der Waals surface area contributed by atoms with E-state index in [0.717, 1.165) is 45.4 Å². The summed E-state index contributed by atoms with van der Waals surface area (Å²) in [5.74, 6) is 0.531. The van der Waals surface area contributed by atoms with Gasteiger partial charge in [-0.05, 0) is 43.2 Å². The van der Waals surface area contributed by atoms with Gasteiger partial charge in [0.2, 0.25) is 0 Å². The third kappa shape index (κ3) is 3.13. The zero-order valence-corrected chi connectivity index (χ0v) is 14.0. The van der Waals surface area contributed by atoms with Crippen LogP contribution in [0.3, 0.4) is 0 Å². The molecular formula is C19H25N3O2. The van der Waals surface area contributed by atoms with Gasteiger partial charge >= 0.3 is 6.03 Å². The molecule has 1 atom stereocenters. The van der Waals surface area contributed by atoms with Crippen LogP contribution < -0.4 is 5.32 Å². The zero-order valence-electron chi connectivity index (χ0n) is 14.0. The first-order valence-electron chi connectivity index (χ1n) is 9.01. The van der Waals surface area contributed by atoms with Crippen molar-refractivity contribution >= 4 is 16.9 Å². The van der Waals surface area contributed by atoms with E-state index >= 15 is 0 Å². The van der Waals surface area contributed by atoms with Crippen LogP contribution in [-0.2, 0) is 4.74 Å². The molecule has 24 heavy (non-hydrogen) atoms. The van der Waals surface area contributed by atoms with E-state index in [-0.39, 0.29) is 12.1 Å². The molecule has 1 aromatic heterocycles. The minimum atomic E-state index is 0.0582. The fourth-order valence-electron chi connectivity index (χ4n) is 3.94. The molecule has 5 nitrogen and oxygen atoms in total. The molecule has 1 unspecified atom stereocenters. The Morgan fingerprint density at radius 1 is 1.25 bits per heavy atom. The number of H-pyrrole nitrogens is 1. The number of carbonyl (C=O) groups is 1. The monoisotopic (exact) mass is 327 g/mol. The van der Waals surface area contributed by atoms with Crippen LogP contribution in [0.2, 0.25) is 0 Å². The molecule has 0 saturated carbocycles. The van der Waals surface area contributed by atoms with Gasteiger partial charge in [0.25, 0.3) is 0 Å². The minimum absolute atomic E-state index is 0.0582. The summed E-state index contributed by atoms with van der Waals surface area (Å²) in [7, 11) is 0. The number of rotatable bonds is 3. The molecule has 2 fully saturated rings. The SMILES string of the molecule is O=C(NCC1CCCO1)N1CCC(c2c[nH]c3ccccc23)CC1. The Hall–Kier alpha value is -2.01. The molecule has 2 aromatic rings. The third-order valence-corrected chi connectivity index (χ3v) is 5.35. The number of piperidine rings is 1. The summed E-state index contributed by atoms with van der Waals surface area (Å²) in [5.41, 5.74) is 2.59. The number of nitrogens with one attached hydrogen (secondary N) is 2. The number of urea groups is 1. The predicted molar refractivity (Wildman–Crippen MR) is 94.2 cm³/mol. The van der Waals surface area contributed by atoms with Crippen LogP contribution in [0.4, 0.5) is 4.79 Å². The van der Waals surface area contributed by atoms with E-state index in [1.165, 1.54) is 16.5 Å². The van der Waals surface area contributed by atoms with Crippen LogP contribution in [0.1, 0.15) is 37.2 Å². The average molecular weight is 327 g/mol. The molecule has 1 aromatic carbocycles. The van der Waals surface area contributed by atoms with Crippen molar-refractivity contribution in [3.63, 3.8) is 0 Å². The molecule has 2 saturated heterocycles. The van der Waals surface area contributed by atoms with Crippen molar-refractivity contribution in [2.75, 3.05) is 26.2 Å². The number of benzene rings is 1. The highest BCUT2D eigenvalue weighted by Gasteiger charge is 2.26. The number of amides is 2. The quantitative estimate of drug-likeness (QED) is 0.909. The largest absolute Gasteiger partial charge is 0.376 e. The van der Waals surface area contributed by atoms with E-state index in [4.69, 9.17) is 4.74 Å². The molecule has 0 radical (unpaired) electrons. The first-order chi connectivity index (χ1) is 11.8. The Labute approximate surface area is 142 Å². The summed E-state index contributed by atoms with van der Waals surface area (Å²) >= 11 is 0. The molecule has 4 rings (SSSR count). The first-order valence-corrected chi connectivity index (χ1v) is 9.01. The Kier molecular flexibility index (Phi) is 4.43. The van der Waals surface area contributed by atoms with Crippen molar-refractivity contribution in [1.29, 1.82) is 0 Å². The van der Waals surface area contributed by atoms with Crippen LogP contribution in [0, 0.1) is 0 Å². The van der Waals surface area contributed by atoms with Crippen LogP contribution in [0.5, 0.6) is 0 Å². The number of hydrogen-bond donors (Lipinski definition) is 2. The maximum Gasteiger partial charge on any atom is 0.317 e. The van der Waals surface area contributed by atoms with E-state index in [1.807, 2.05) is 4.90 Å². The highest BCUT2D eigenvalue weighted by atomic mass is 16.5. The summed E-state index contributed by atoms with van der Waals surface area (Å²) in [6.45, 7) is 3.11. The molecule has 5 heteroatoms. The Balaban J connectivity index is 1.32. The van der Waals surface area contributed by atoms with Crippen LogP contribution in [-0.4, -0.2) is 48.3 Å². The van der Waals surface area contributed by atoms with Gasteiger partial charge in [-0.2, -0.15) is 0 Å². The van der Waals surface area contributed by atoms with Crippen LogP contribution >= 0.6 is 0 Å². The van der Waals surface area contributed by atoms with Gasteiger partial charge in [-0.25, -0.2) is 4.79 Å². The summed E-state index contributed by atoms with van der Waals surface area (Å²) in [6.07, 6.45) is 6.56. The van der Waals surface area contributed by atoms with Crippen LogP contribution in [0.25, 0.3) is 10.9 Å². The lowest BCUT2D eigenvalue weighted by Crippen LogP contribution is -2.46. The van der Waals surface area contributed by atoms with Gasteiger partial charge in [-0.1, -0.05) is 18.2 Å². The van der Waals surface area contributed by atoms with Crippen molar-refractivity contribution in [3.05, 3.63) is 36.0 Å². The van der Waals surface area contributed by atoms with Gasteiger partial charge in [-0.3, -0.25) is 0 Å². The van der Waals surface area contributed by atoms with E-state index < -0.39 is 0 Å². The fraction of sp³-hybridized carbons (Fsp3) is 0.526. The predicted octanol–water partition coefficient (Wildman–Crippen LogP) is 3.24. The Morgan fingerprint density at radius 3 is 2.88 bits per heavy atom. The molecular weight excluding hydrogens is 302 g/mol.